The highest BCUT2D eigenvalue weighted by molar-refractivity contribution is 5.87. The zero-order valence-corrected chi connectivity index (χ0v) is 11.1. The zero-order chi connectivity index (χ0) is 14.4. The van der Waals surface area contributed by atoms with Gasteiger partial charge in [-0.05, 0) is 23.8 Å². The average molecular weight is 270 g/mol. The van der Waals surface area contributed by atoms with Gasteiger partial charge in [0, 0.05) is 17.8 Å². The number of hydrogen-bond acceptors (Lipinski definition) is 5. The summed E-state index contributed by atoms with van der Waals surface area (Å²) in [6.07, 6.45) is 1.85. The van der Waals surface area contributed by atoms with Crippen LogP contribution in [0.2, 0.25) is 0 Å². The normalized spacial score (nSPS) is 9.80. The van der Waals surface area contributed by atoms with E-state index >= 15 is 0 Å². The van der Waals surface area contributed by atoms with Gasteiger partial charge in [-0.2, -0.15) is 5.26 Å². The number of carbonyl (C=O) groups excluding carboxylic acids is 1. The number of furan rings is 1. The first-order valence-electron chi connectivity index (χ1n) is 6.09. The van der Waals surface area contributed by atoms with E-state index in [0.29, 0.717) is 13.0 Å². The van der Waals surface area contributed by atoms with Gasteiger partial charge in [-0.3, -0.25) is 0 Å². The smallest absolute Gasteiger partial charge is 0.374 e. The van der Waals surface area contributed by atoms with Gasteiger partial charge in [-0.1, -0.05) is 12.1 Å². The summed E-state index contributed by atoms with van der Waals surface area (Å²) in [7, 11) is 1.32. The van der Waals surface area contributed by atoms with Crippen LogP contribution in [0.1, 0.15) is 21.7 Å². The predicted molar refractivity (Wildman–Crippen MR) is 73.1 cm³/mol. The second-order valence-corrected chi connectivity index (χ2v) is 4.15. The number of nitrogens with one attached hydrogen (secondary N) is 1. The molecule has 1 N–H and O–H groups in total. The lowest BCUT2D eigenvalue weighted by molar-refractivity contribution is 0.0563. The van der Waals surface area contributed by atoms with Gasteiger partial charge in [0.05, 0.1) is 25.9 Å². The number of nitrogens with zero attached hydrogens (tertiary/aromatic N) is 1. The number of nitriles is 1. The quantitative estimate of drug-likeness (QED) is 0.845. The van der Waals surface area contributed by atoms with Crippen LogP contribution < -0.4 is 5.32 Å². The van der Waals surface area contributed by atoms with E-state index in [0.717, 1.165) is 16.8 Å². The van der Waals surface area contributed by atoms with Gasteiger partial charge in [-0.15, -0.1) is 0 Å². The summed E-state index contributed by atoms with van der Waals surface area (Å²) in [6, 6.07) is 11.4. The summed E-state index contributed by atoms with van der Waals surface area (Å²) in [5.74, 6) is -0.280. The Morgan fingerprint density at radius 1 is 1.35 bits per heavy atom. The molecule has 1 aromatic carbocycles. The highest BCUT2D eigenvalue weighted by Crippen LogP contribution is 2.15. The molecule has 0 aliphatic carbocycles. The van der Waals surface area contributed by atoms with Gasteiger partial charge in [0.15, 0.2) is 0 Å². The van der Waals surface area contributed by atoms with E-state index in [1.807, 2.05) is 24.3 Å². The predicted octanol–water partition coefficient (Wildman–Crippen LogP) is 2.74. The van der Waals surface area contributed by atoms with Crippen molar-refractivity contribution in [1.29, 1.82) is 5.26 Å². The Morgan fingerprint density at radius 2 is 2.10 bits per heavy atom. The Hall–Kier alpha value is -2.74. The average Bonchev–Trinajstić information content (AvgIpc) is 2.94. The van der Waals surface area contributed by atoms with Crippen molar-refractivity contribution in [3.63, 3.8) is 0 Å². The van der Waals surface area contributed by atoms with Crippen molar-refractivity contribution >= 4 is 11.7 Å². The molecule has 5 heteroatoms. The third-order valence-corrected chi connectivity index (χ3v) is 2.84. The molecule has 5 nitrogen and oxygen atoms in total. The molecule has 0 amide bonds. The first-order chi connectivity index (χ1) is 9.74. The SMILES string of the molecule is COC(=O)c1occc1CNc1ccc(CC#N)cc1. The molecule has 0 atom stereocenters. The monoisotopic (exact) mass is 270 g/mol. The van der Waals surface area contributed by atoms with Gasteiger partial charge in [0.25, 0.3) is 0 Å². The summed E-state index contributed by atoms with van der Waals surface area (Å²) < 4.78 is 9.75. The molecule has 1 heterocycles. The lowest BCUT2D eigenvalue weighted by Gasteiger charge is -2.06. The minimum atomic E-state index is -0.490. The Balaban J connectivity index is 2.00. The van der Waals surface area contributed by atoms with E-state index in [1.165, 1.54) is 13.4 Å². The third-order valence-electron chi connectivity index (χ3n) is 2.84. The molecule has 0 radical (unpaired) electrons. The third kappa shape index (κ3) is 3.18. The molecule has 20 heavy (non-hydrogen) atoms. The molecule has 102 valence electrons. The maximum atomic E-state index is 11.4. The highest BCUT2D eigenvalue weighted by Gasteiger charge is 2.15. The van der Waals surface area contributed by atoms with E-state index in [9.17, 15) is 4.79 Å². The number of methoxy groups -OCH3 is 1. The maximum Gasteiger partial charge on any atom is 0.374 e. The fourth-order valence-electron chi connectivity index (χ4n) is 1.78. The molecule has 0 unspecified atom stereocenters. The molecule has 0 spiro atoms. The van der Waals surface area contributed by atoms with Crippen molar-refractivity contribution in [3.8, 4) is 6.07 Å². The second-order valence-electron chi connectivity index (χ2n) is 4.15. The molecule has 0 bridgehead atoms. The van der Waals surface area contributed by atoms with Crippen molar-refractivity contribution in [3.05, 3.63) is 53.5 Å². The first-order valence-corrected chi connectivity index (χ1v) is 6.09. The van der Waals surface area contributed by atoms with E-state index in [-0.39, 0.29) is 5.76 Å². The minimum Gasteiger partial charge on any atom is -0.463 e. The highest BCUT2D eigenvalue weighted by atomic mass is 16.5. The van der Waals surface area contributed by atoms with Crippen molar-refractivity contribution in [2.24, 2.45) is 0 Å². The largest absolute Gasteiger partial charge is 0.463 e. The van der Waals surface area contributed by atoms with Crippen molar-refractivity contribution in [1.82, 2.24) is 0 Å². The summed E-state index contributed by atoms with van der Waals surface area (Å²) in [4.78, 5) is 11.4. The maximum absolute atomic E-state index is 11.4. The summed E-state index contributed by atoms with van der Waals surface area (Å²) in [5, 5.41) is 11.8. The second kappa shape index (κ2) is 6.43. The summed E-state index contributed by atoms with van der Waals surface area (Å²) >= 11 is 0. The Kier molecular flexibility index (Phi) is 4.40. The van der Waals surface area contributed by atoms with Crippen LogP contribution >= 0.6 is 0 Å². The number of ether oxygens (including phenoxy) is 1. The number of benzene rings is 1. The molecule has 0 fully saturated rings. The van der Waals surface area contributed by atoms with Crippen LogP contribution in [-0.2, 0) is 17.7 Å². The molecular weight excluding hydrogens is 256 g/mol. The number of carbonyl (C=O) groups is 1. The fraction of sp³-hybridized carbons (Fsp3) is 0.200. The molecule has 2 rings (SSSR count). The Morgan fingerprint density at radius 3 is 2.75 bits per heavy atom. The van der Waals surface area contributed by atoms with E-state index in [2.05, 4.69) is 16.1 Å². The standard InChI is InChI=1S/C15H14N2O3/c1-19-15(18)14-12(7-9-20-14)10-17-13-4-2-11(3-5-13)6-8-16/h2-5,7,9,17H,6,10H2,1H3. The minimum absolute atomic E-state index is 0.209. The van der Waals surface area contributed by atoms with E-state index < -0.39 is 5.97 Å². The molecule has 1 aromatic heterocycles. The zero-order valence-electron chi connectivity index (χ0n) is 11.1. The van der Waals surface area contributed by atoms with E-state index in [4.69, 9.17) is 9.68 Å². The van der Waals surface area contributed by atoms with E-state index in [1.54, 1.807) is 6.07 Å². The summed E-state index contributed by atoms with van der Waals surface area (Å²) in [6.45, 7) is 0.457. The Labute approximate surface area is 116 Å². The van der Waals surface area contributed by atoms with Gasteiger partial charge in [0.1, 0.15) is 0 Å². The van der Waals surface area contributed by atoms with Crippen molar-refractivity contribution in [2.45, 2.75) is 13.0 Å². The van der Waals surface area contributed by atoms with Gasteiger partial charge >= 0.3 is 5.97 Å². The van der Waals surface area contributed by atoms with Gasteiger partial charge in [0.2, 0.25) is 5.76 Å². The van der Waals surface area contributed by atoms with Crippen LogP contribution in [0.5, 0.6) is 0 Å². The summed E-state index contributed by atoms with van der Waals surface area (Å²) in [5.41, 5.74) is 2.61. The fourth-order valence-corrected chi connectivity index (χ4v) is 1.78. The van der Waals surface area contributed by atoms with Crippen molar-refractivity contribution in [2.75, 3.05) is 12.4 Å². The molecule has 0 saturated carbocycles. The van der Waals surface area contributed by atoms with Crippen molar-refractivity contribution < 1.29 is 13.9 Å². The topological polar surface area (TPSA) is 75.3 Å². The van der Waals surface area contributed by atoms with Gasteiger partial charge in [-0.25, -0.2) is 4.79 Å². The molecular formula is C15H14N2O3. The first kappa shape index (κ1) is 13.7. The molecule has 2 aromatic rings. The number of hydrogen-bond donors (Lipinski definition) is 1. The van der Waals surface area contributed by atoms with Crippen LogP contribution in [0.3, 0.4) is 0 Å². The molecule has 0 aliphatic heterocycles. The lowest BCUT2D eigenvalue weighted by atomic mass is 10.1. The molecule has 0 saturated heterocycles. The number of anilines is 1. The van der Waals surface area contributed by atoms with Crippen LogP contribution in [0.4, 0.5) is 5.69 Å². The van der Waals surface area contributed by atoms with Crippen LogP contribution in [0, 0.1) is 11.3 Å². The van der Waals surface area contributed by atoms with Crippen LogP contribution in [0.25, 0.3) is 0 Å². The van der Waals surface area contributed by atoms with Crippen LogP contribution in [0.15, 0.2) is 41.0 Å². The number of esters is 1. The van der Waals surface area contributed by atoms with Gasteiger partial charge < -0.3 is 14.5 Å². The van der Waals surface area contributed by atoms with Crippen LogP contribution in [-0.4, -0.2) is 13.1 Å². The Bertz CT molecular complexity index is 623. The lowest BCUT2D eigenvalue weighted by Crippen LogP contribution is -2.06. The number of rotatable bonds is 5. The molecule has 0 aliphatic rings.